The minimum atomic E-state index is -1.57. The summed E-state index contributed by atoms with van der Waals surface area (Å²) < 4.78 is 11.3. The molecular formula is C72H137NO8. The highest BCUT2D eigenvalue weighted by molar-refractivity contribution is 5.76. The molecule has 1 rings (SSSR count). The minimum absolute atomic E-state index is 0.183. The van der Waals surface area contributed by atoms with Gasteiger partial charge in [-0.05, 0) is 44.9 Å². The molecular weight excluding hydrogens is 1010 g/mol. The van der Waals surface area contributed by atoms with E-state index < -0.39 is 49.5 Å². The van der Waals surface area contributed by atoms with Crippen molar-refractivity contribution in [2.75, 3.05) is 13.2 Å². The largest absolute Gasteiger partial charge is 0.394 e. The van der Waals surface area contributed by atoms with Gasteiger partial charge in [0.15, 0.2) is 6.29 Å². The zero-order valence-electron chi connectivity index (χ0n) is 53.6. The average Bonchev–Trinajstić information content (AvgIpc) is 3.50. The number of hydrogen-bond acceptors (Lipinski definition) is 8. The van der Waals surface area contributed by atoms with Crippen LogP contribution in [0.15, 0.2) is 36.5 Å². The number of aliphatic hydroxyl groups is 5. The van der Waals surface area contributed by atoms with Gasteiger partial charge in [0.05, 0.1) is 25.4 Å². The number of unbranched alkanes of at least 4 members (excludes halogenated alkanes) is 49. The van der Waals surface area contributed by atoms with Gasteiger partial charge in [-0.1, -0.05) is 346 Å². The van der Waals surface area contributed by atoms with Crippen molar-refractivity contribution in [3.05, 3.63) is 36.5 Å². The van der Waals surface area contributed by atoms with Crippen LogP contribution < -0.4 is 5.32 Å². The fourth-order valence-corrected chi connectivity index (χ4v) is 11.6. The Morgan fingerprint density at radius 1 is 0.407 bits per heavy atom. The zero-order valence-corrected chi connectivity index (χ0v) is 53.6. The van der Waals surface area contributed by atoms with Crippen molar-refractivity contribution >= 4 is 5.91 Å². The van der Waals surface area contributed by atoms with Gasteiger partial charge in [0.1, 0.15) is 24.4 Å². The van der Waals surface area contributed by atoms with Gasteiger partial charge in [-0.25, -0.2) is 0 Å². The highest BCUT2D eigenvalue weighted by atomic mass is 16.7. The third kappa shape index (κ3) is 50.3. The van der Waals surface area contributed by atoms with Gasteiger partial charge in [-0.15, -0.1) is 0 Å². The van der Waals surface area contributed by atoms with E-state index in [1.165, 1.54) is 295 Å². The Kier molecular flexibility index (Phi) is 58.8. The molecule has 1 saturated heterocycles. The molecule has 478 valence electrons. The maximum Gasteiger partial charge on any atom is 0.220 e. The van der Waals surface area contributed by atoms with Crippen molar-refractivity contribution in [2.24, 2.45) is 0 Å². The second kappa shape index (κ2) is 61.5. The molecule has 1 fully saturated rings. The van der Waals surface area contributed by atoms with Gasteiger partial charge in [-0.3, -0.25) is 4.79 Å². The lowest BCUT2D eigenvalue weighted by Gasteiger charge is -2.40. The molecule has 81 heavy (non-hydrogen) atoms. The summed E-state index contributed by atoms with van der Waals surface area (Å²) >= 11 is 0. The first-order chi connectivity index (χ1) is 39.8. The zero-order chi connectivity index (χ0) is 58.6. The van der Waals surface area contributed by atoms with E-state index in [9.17, 15) is 30.3 Å². The Morgan fingerprint density at radius 2 is 0.704 bits per heavy atom. The summed E-state index contributed by atoms with van der Waals surface area (Å²) in [7, 11) is 0. The molecule has 0 saturated carbocycles. The number of nitrogens with one attached hydrogen (secondary N) is 1. The number of allylic oxidation sites excluding steroid dienone is 5. The van der Waals surface area contributed by atoms with Gasteiger partial charge >= 0.3 is 0 Å². The van der Waals surface area contributed by atoms with Crippen LogP contribution in [0.5, 0.6) is 0 Å². The van der Waals surface area contributed by atoms with Crippen molar-refractivity contribution in [1.82, 2.24) is 5.32 Å². The van der Waals surface area contributed by atoms with Crippen LogP contribution in [0.3, 0.4) is 0 Å². The molecule has 9 heteroatoms. The number of aliphatic hydroxyl groups excluding tert-OH is 5. The van der Waals surface area contributed by atoms with E-state index >= 15 is 0 Å². The maximum atomic E-state index is 13.1. The van der Waals surface area contributed by atoms with Crippen LogP contribution in [0.4, 0.5) is 0 Å². The highest BCUT2D eigenvalue weighted by Gasteiger charge is 2.44. The number of carbonyl (C=O) groups excluding carboxylic acids is 1. The molecule has 0 radical (unpaired) electrons. The highest BCUT2D eigenvalue weighted by Crippen LogP contribution is 2.23. The van der Waals surface area contributed by atoms with E-state index in [1.54, 1.807) is 6.08 Å². The molecule has 0 aromatic carbocycles. The molecule has 1 amide bonds. The molecule has 1 heterocycles. The van der Waals surface area contributed by atoms with Gasteiger partial charge in [0.25, 0.3) is 0 Å². The summed E-state index contributed by atoms with van der Waals surface area (Å²) in [5.41, 5.74) is 0. The number of amides is 1. The smallest absolute Gasteiger partial charge is 0.220 e. The van der Waals surface area contributed by atoms with Crippen LogP contribution in [0, 0.1) is 0 Å². The molecule has 9 nitrogen and oxygen atoms in total. The van der Waals surface area contributed by atoms with Gasteiger partial charge in [0, 0.05) is 6.42 Å². The predicted octanol–water partition coefficient (Wildman–Crippen LogP) is 19.4. The van der Waals surface area contributed by atoms with Crippen LogP contribution in [-0.4, -0.2) is 87.5 Å². The predicted molar refractivity (Wildman–Crippen MR) is 346 cm³/mol. The number of hydrogen-bond donors (Lipinski definition) is 6. The second-order valence-corrected chi connectivity index (χ2v) is 25.0. The van der Waals surface area contributed by atoms with Crippen LogP contribution in [-0.2, 0) is 14.3 Å². The Labute approximate surface area is 501 Å². The Bertz CT molecular complexity index is 1370. The quantitative estimate of drug-likeness (QED) is 0.0261. The lowest BCUT2D eigenvalue weighted by atomic mass is 9.99. The van der Waals surface area contributed by atoms with E-state index in [0.29, 0.717) is 6.42 Å². The summed E-state index contributed by atoms with van der Waals surface area (Å²) in [5.74, 6) is -0.183. The lowest BCUT2D eigenvalue weighted by Crippen LogP contribution is -2.60. The van der Waals surface area contributed by atoms with E-state index in [4.69, 9.17) is 9.47 Å². The normalized spacial score (nSPS) is 18.5. The third-order valence-electron chi connectivity index (χ3n) is 17.2. The monoisotopic (exact) mass is 1140 g/mol. The van der Waals surface area contributed by atoms with Gasteiger partial charge in [0.2, 0.25) is 5.91 Å². The van der Waals surface area contributed by atoms with E-state index in [2.05, 4.69) is 43.5 Å². The molecule has 1 aliphatic heterocycles. The summed E-state index contributed by atoms with van der Waals surface area (Å²) in [6.07, 6.45) is 75.6. The average molecular weight is 1140 g/mol. The number of carbonyl (C=O) groups is 1. The first-order valence-electron chi connectivity index (χ1n) is 35.7. The van der Waals surface area contributed by atoms with E-state index in [0.717, 1.165) is 44.9 Å². The molecule has 0 spiro atoms. The molecule has 7 unspecified atom stereocenters. The third-order valence-corrected chi connectivity index (χ3v) is 17.2. The molecule has 6 N–H and O–H groups in total. The number of ether oxygens (including phenoxy) is 2. The van der Waals surface area contributed by atoms with Crippen molar-refractivity contribution in [3.63, 3.8) is 0 Å². The Balaban J connectivity index is 2.08. The Hall–Kier alpha value is -1.59. The summed E-state index contributed by atoms with van der Waals surface area (Å²) in [6, 6.07) is -0.827. The summed E-state index contributed by atoms with van der Waals surface area (Å²) in [6.45, 7) is 3.81. The number of rotatable bonds is 63. The molecule has 0 bridgehead atoms. The van der Waals surface area contributed by atoms with E-state index in [-0.39, 0.29) is 12.5 Å². The van der Waals surface area contributed by atoms with Crippen molar-refractivity contribution in [2.45, 2.75) is 403 Å². The summed E-state index contributed by atoms with van der Waals surface area (Å²) in [4.78, 5) is 13.1. The first kappa shape index (κ1) is 77.4. The molecule has 0 aromatic heterocycles. The summed E-state index contributed by atoms with van der Waals surface area (Å²) in [5, 5.41) is 54.7. The van der Waals surface area contributed by atoms with Crippen molar-refractivity contribution in [1.29, 1.82) is 0 Å². The van der Waals surface area contributed by atoms with Crippen molar-refractivity contribution in [3.8, 4) is 0 Å². The molecule has 1 aliphatic rings. The van der Waals surface area contributed by atoms with Crippen LogP contribution >= 0.6 is 0 Å². The lowest BCUT2D eigenvalue weighted by molar-refractivity contribution is -0.302. The molecule has 7 atom stereocenters. The van der Waals surface area contributed by atoms with Crippen LogP contribution in [0.25, 0.3) is 0 Å². The Morgan fingerprint density at radius 3 is 1.04 bits per heavy atom. The van der Waals surface area contributed by atoms with Crippen molar-refractivity contribution < 1.29 is 39.8 Å². The molecule has 0 aliphatic carbocycles. The fraction of sp³-hybridized carbons (Fsp3) is 0.903. The molecule has 0 aromatic rings. The SMILES string of the molecule is CCCCCCCCCCCCC/C=C/CC/C=C/CC/C=C/C(O)C(COC1OC(CO)C(O)C(O)C1O)NC(=O)CCCCCCCCCCCCCCCCCCCCCCCCCCCCCCCCCCCCCCC. The standard InChI is InChI=1S/C72H137NO8/c1-3-5-7-9-11-13-15-17-19-21-23-25-26-27-28-29-30-31-32-33-34-35-36-37-38-39-40-42-44-46-48-50-52-54-56-58-60-62-68(76)73-65(64-80-72-71(79)70(78)69(77)67(63-74)81-72)66(75)61-59-57-55-53-51-49-47-45-43-41-24-22-20-18-16-14-12-10-8-6-4-2/h43,45,51,53,59,61,65-67,69-72,74-75,77-79H,3-42,44,46-50,52,54-58,60,62-64H2,1-2H3,(H,73,76)/b45-43+,53-51+,61-59+. The van der Waals surface area contributed by atoms with E-state index in [1.807, 2.05) is 6.08 Å². The fourth-order valence-electron chi connectivity index (χ4n) is 11.6. The van der Waals surface area contributed by atoms with Gasteiger partial charge in [-0.2, -0.15) is 0 Å². The minimum Gasteiger partial charge on any atom is -0.394 e. The van der Waals surface area contributed by atoms with Crippen LogP contribution in [0.1, 0.15) is 361 Å². The van der Waals surface area contributed by atoms with Crippen LogP contribution in [0.2, 0.25) is 0 Å². The maximum absolute atomic E-state index is 13.1. The first-order valence-corrected chi connectivity index (χ1v) is 35.7. The second-order valence-electron chi connectivity index (χ2n) is 25.0. The topological polar surface area (TPSA) is 149 Å². The van der Waals surface area contributed by atoms with Gasteiger partial charge < -0.3 is 40.3 Å².